The van der Waals surface area contributed by atoms with E-state index in [1.54, 1.807) is 6.07 Å². The molecule has 1 aromatic rings. The average Bonchev–Trinajstić information content (AvgIpc) is 2.30. The number of nitrogens with two attached hydrogens (primary N) is 1. The monoisotopic (exact) mass is 208 g/mol. The van der Waals surface area contributed by atoms with E-state index in [1.807, 2.05) is 13.1 Å². The van der Waals surface area contributed by atoms with Gasteiger partial charge in [0.05, 0.1) is 0 Å². The van der Waals surface area contributed by atoms with Crippen LogP contribution in [0.2, 0.25) is 0 Å². The van der Waals surface area contributed by atoms with Crippen LogP contribution in [0.15, 0.2) is 12.1 Å². The molecule has 0 amide bonds. The summed E-state index contributed by atoms with van der Waals surface area (Å²) in [5.41, 5.74) is 5.49. The molecule has 0 aromatic carbocycles. The van der Waals surface area contributed by atoms with Crippen molar-refractivity contribution in [3.63, 3.8) is 0 Å². The smallest absolute Gasteiger partial charge is 0.151 e. The molecule has 1 saturated heterocycles. The first-order chi connectivity index (χ1) is 7.27. The summed E-state index contributed by atoms with van der Waals surface area (Å²) in [6.07, 6.45) is 2.09. The number of anilines is 2. The van der Waals surface area contributed by atoms with E-state index in [9.17, 15) is 0 Å². The van der Waals surface area contributed by atoms with E-state index in [-0.39, 0.29) is 0 Å². The van der Waals surface area contributed by atoms with E-state index in [0.717, 1.165) is 31.9 Å². The Hall–Kier alpha value is -1.36. The second-order valence-electron chi connectivity index (χ2n) is 3.77. The number of hydrogen-bond acceptors (Lipinski definition) is 5. The van der Waals surface area contributed by atoms with Crippen LogP contribution < -0.4 is 10.6 Å². The van der Waals surface area contributed by atoms with Gasteiger partial charge < -0.3 is 15.4 Å². The van der Waals surface area contributed by atoms with Crippen LogP contribution in [0.25, 0.3) is 0 Å². The minimum atomic E-state index is 0.458. The van der Waals surface area contributed by atoms with Crippen molar-refractivity contribution >= 4 is 11.6 Å². The van der Waals surface area contributed by atoms with Gasteiger partial charge >= 0.3 is 0 Å². The molecule has 5 heteroatoms. The van der Waals surface area contributed by atoms with E-state index in [2.05, 4.69) is 15.1 Å². The van der Waals surface area contributed by atoms with Crippen molar-refractivity contribution < 1.29 is 4.74 Å². The molecular formula is C10H16N4O. The third kappa shape index (κ3) is 2.36. The van der Waals surface area contributed by atoms with Gasteiger partial charge in [0.2, 0.25) is 0 Å². The van der Waals surface area contributed by atoms with Crippen molar-refractivity contribution in [3.8, 4) is 0 Å². The lowest BCUT2D eigenvalue weighted by Gasteiger charge is -2.31. The summed E-state index contributed by atoms with van der Waals surface area (Å²) in [7, 11) is 2.04. The predicted octanol–water partition coefficient (Wildman–Crippen LogP) is 0.674. The second-order valence-corrected chi connectivity index (χ2v) is 3.77. The lowest BCUT2D eigenvalue weighted by Crippen LogP contribution is -2.37. The van der Waals surface area contributed by atoms with Gasteiger partial charge in [0, 0.05) is 26.3 Å². The molecule has 2 heterocycles. The molecule has 1 fully saturated rings. The van der Waals surface area contributed by atoms with Gasteiger partial charge in [-0.3, -0.25) is 0 Å². The van der Waals surface area contributed by atoms with Gasteiger partial charge in [0.25, 0.3) is 0 Å². The zero-order valence-electron chi connectivity index (χ0n) is 8.89. The Bertz CT molecular complexity index is 308. The summed E-state index contributed by atoms with van der Waals surface area (Å²) in [6.45, 7) is 1.66. The molecule has 2 rings (SSSR count). The maximum atomic E-state index is 5.49. The summed E-state index contributed by atoms with van der Waals surface area (Å²) in [6, 6.07) is 4.17. The summed E-state index contributed by atoms with van der Waals surface area (Å²) in [5, 5.41) is 7.91. The summed E-state index contributed by atoms with van der Waals surface area (Å²) in [4.78, 5) is 2.15. The summed E-state index contributed by atoms with van der Waals surface area (Å²) < 4.78 is 5.32. The molecule has 0 bridgehead atoms. The fourth-order valence-corrected chi connectivity index (χ4v) is 1.78. The molecule has 0 saturated carbocycles. The number of nitrogen functional groups attached to an aromatic ring is 1. The average molecular weight is 208 g/mol. The third-order valence-corrected chi connectivity index (χ3v) is 2.77. The van der Waals surface area contributed by atoms with Gasteiger partial charge in [-0.05, 0) is 25.0 Å². The standard InChI is InChI=1S/C10H16N4O/c1-14(8-4-6-15-7-5-8)10-3-2-9(11)12-13-10/h2-3,8H,4-7H2,1H3,(H2,11,12). The minimum absolute atomic E-state index is 0.458. The highest BCUT2D eigenvalue weighted by Gasteiger charge is 2.19. The van der Waals surface area contributed by atoms with Crippen molar-refractivity contribution in [2.45, 2.75) is 18.9 Å². The van der Waals surface area contributed by atoms with Gasteiger partial charge in [-0.1, -0.05) is 0 Å². The van der Waals surface area contributed by atoms with E-state index >= 15 is 0 Å². The zero-order valence-corrected chi connectivity index (χ0v) is 8.89. The van der Waals surface area contributed by atoms with Crippen LogP contribution in [0.4, 0.5) is 11.6 Å². The Balaban J connectivity index is 2.05. The quantitative estimate of drug-likeness (QED) is 0.774. The maximum Gasteiger partial charge on any atom is 0.151 e. The fourth-order valence-electron chi connectivity index (χ4n) is 1.78. The number of rotatable bonds is 2. The van der Waals surface area contributed by atoms with Crippen LogP contribution in [0.5, 0.6) is 0 Å². The van der Waals surface area contributed by atoms with Crippen molar-refractivity contribution in [2.75, 3.05) is 30.9 Å². The van der Waals surface area contributed by atoms with Gasteiger partial charge in [-0.2, -0.15) is 0 Å². The highest BCUT2D eigenvalue weighted by atomic mass is 16.5. The molecule has 0 unspecified atom stereocenters. The van der Waals surface area contributed by atoms with Gasteiger partial charge in [0.15, 0.2) is 5.82 Å². The molecule has 1 aliphatic rings. The number of hydrogen-bond donors (Lipinski definition) is 1. The largest absolute Gasteiger partial charge is 0.382 e. The van der Waals surface area contributed by atoms with Crippen LogP contribution in [0, 0.1) is 0 Å². The molecule has 0 spiro atoms. The van der Waals surface area contributed by atoms with Crippen LogP contribution in [0.1, 0.15) is 12.8 Å². The summed E-state index contributed by atoms with van der Waals surface area (Å²) >= 11 is 0. The molecule has 1 aliphatic heterocycles. The number of ether oxygens (including phenoxy) is 1. The van der Waals surface area contributed by atoms with Crippen molar-refractivity contribution in [1.82, 2.24) is 10.2 Å². The topological polar surface area (TPSA) is 64.3 Å². The van der Waals surface area contributed by atoms with Crippen LogP contribution in [0.3, 0.4) is 0 Å². The molecule has 15 heavy (non-hydrogen) atoms. The van der Waals surface area contributed by atoms with E-state index < -0.39 is 0 Å². The van der Waals surface area contributed by atoms with E-state index in [0.29, 0.717) is 11.9 Å². The molecular weight excluding hydrogens is 192 g/mol. The van der Waals surface area contributed by atoms with Gasteiger partial charge in [0.1, 0.15) is 5.82 Å². The number of aromatic nitrogens is 2. The highest BCUT2D eigenvalue weighted by Crippen LogP contribution is 2.18. The van der Waals surface area contributed by atoms with Crippen molar-refractivity contribution in [3.05, 3.63) is 12.1 Å². The minimum Gasteiger partial charge on any atom is -0.382 e. The lowest BCUT2D eigenvalue weighted by atomic mass is 10.1. The lowest BCUT2D eigenvalue weighted by molar-refractivity contribution is 0.0853. The Morgan fingerprint density at radius 2 is 2.07 bits per heavy atom. The molecule has 2 N–H and O–H groups in total. The Kier molecular flexibility index (Phi) is 3.01. The molecule has 0 aliphatic carbocycles. The Labute approximate surface area is 89.2 Å². The predicted molar refractivity (Wildman–Crippen MR) is 58.7 cm³/mol. The third-order valence-electron chi connectivity index (χ3n) is 2.77. The molecule has 0 radical (unpaired) electrons. The van der Waals surface area contributed by atoms with Crippen LogP contribution >= 0.6 is 0 Å². The zero-order chi connectivity index (χ0) is 10.7. The fraction of sp³-hybridized carbons (Fsp3) is 0.600. The first-order valence-corrected chi connectivity index (χ1v) is 5.17. The molecule has 82 valence electrons. The van der Waals surface area contributed by atoms with Crippen LogP contribution in [-0.4, -0.2) is 36.5 Å². The maximum absolute atomic E-state index is 5.49. The van der Waals surface area contributed by atoms with Crippen molar-refractivity contribution in [2.24, 2.45) is 0 Å². The van der Waals surface area contributed by atoms with Gasteiger partial charge in [-0.25, -0.2) is 0 Å². The van der Waals surface area contributed by atoms with Crippen molar-refractivity contribution in [1.29, 1.82) is 0 Å². The first kappa shape index (κ1) is 10.2. The normalized spacial score (nSPS) is 17.7. The van der Waals surface area contributed by atoms with Gasteiger partial charge in [-0.15, -0.1) is 10.2 Å². The Morgan fingerprint density at radius 1 is 1.33 bits per heavy atom. The van der Waals surface area contributed by atoms with E-state index in [4.69, 9.17) is 10.5 Å². The first-order valence-electron chi connectivity index (χ1n) is 5.17. The van der Waals surface area contributed by atoms with E-state index in [1.165, 1.54) is 0 Å². The Morgan fingerprint density at radius 3 is 2.67 bits per heavy atom. The molecule has 1 aromatic heterocycles. The highest BCUT2D eigenvalue weighted by molar-refractivity contribution is 5.41. The van der Waals surface area contributed by atoms with Crippen LogP contribution in [-0.2, 0) is 4.74 Å². The molecule has 0 atom stereocenters. The SMILES string of the molecule is CN(c1ccc(N)nn1)C1CCOCC1. The second kappa shape index (κ2) is 4.44. The summed E-state index contributed by atoms with van der Waals surface area (Å²) in [5.74, 6) is 1.33. The number of nitrogens with zero attached hydrogens (tertiary/aromatic N) is 3. The molecule has 5 nitrogen and oxygen atoms in total.